The monoisotopic (exact) mass is 252 g/mol. The minimum Gasteiger partial charge on any atom is -0.504 e. The van der Waals surface area contributed by atoms with Crippen LogP contribution in [0, 0.1) is 0 Å². The van der Waals surface area contributed by atoms with Crippen molar-refractivity contribution in [3.8, 4) is 17.2 Å². The summed E-state index contributed by atoms with van der Waals surface area (Å²) in [5, 5.41) is 33.9. The topological polar surface area (TPSA) is 102 Å². The summed E-state index contributed by atoms with van der Waals surface area (Å²) in [6.45, 7) is 1.72. The van der Waals surface area contributed by atoms with Crippen LogP contribution >= 0.6 is 0 Å². The molecule has 6 nitrogen and oxygen atoms in total. The number of amides is 1. The highest BCUT2D eigenvalue weighted by Gasteiger charge is 2.18. The fourth-order valence-electron chi connectivity index (χ4n) is 1.97. The van der Waals surface area contributed by atoms with Gasteiger partial charge in [0.05, 0.1) is 0 Å². The molecular weight excluding hydrogens is 236 g/mol. The molecule has 0 unspecified atom stereocenters. The Morgan fingerprint density at radius 2 is 1.72 bits per heavy atom. The largest absolute Gasteiger partial charge is 0.504 e. The third kappa shape index (κ3) is 2.65. The molecule has 6 heteroatoms. The van der Waals surface area contributed by atoms with Crippen molar-refractivity contribution in [3.63, 3.8) is 0 Å². The van der Waals surface area contributed by atoms with Crippen molar-refractivity contribution in [2.75, 3.05) is 13.1 Å². The molecule has 1 aromatic carbocycles. The highest BCUT2D eigenvalue weighted by atomic mass is 16.3. The van der Waals surface area contributed by atoms with Gasteiger partial charge in [-0.05, 0) is 38.1 Å². The van der Waals surface area contributed by atoms with E-state index in [0.717, 1.165) is 38.1 Å². The Balaban J connectivity index is 2.08. The van der Waals surface area contributed by atoms with Crippen LogP contribution in [0.15, 0.2) is 12.1 Å². The minimum atomic E-state index is -0.617. The van der Waals surface area contributed by atoms with Gasteiger partial charge in [-0.1, -0.05) is 0 Å². The first-order chi connectivity index (χ1) is 8.58. The molecule has 1 saturated heterocycles. The lowest BCUT2D eigenvalue weighted by Gasteiger charge is -2.23. The molecule has 1 aliphatic rings. The minimum absolute atomic E-state index is 0.0943. The molecule has 1 heterocycles. The van der Waals surface area contributed by atoms with E-state index in [1.54, 1.807) is 0 Å². The highest BCUT2D eigenvalue weighted by molar-refractivity contribution is 5.95. The van der Waals surface area contributed by atoms with Crippen LogP contribution in [-0.2, 0) is 0 Å². The second-order valence-corrected chi connectivity index (χ2v) is 4.36. The third-order valence-electron chi connectivity index (χ3n) is 3.01. The van der Waals surface area contributed by atoms with E-state index in [4.69, 9.17) is 0 Å². The molecule has 0 aliphatic carbocycles. The summed E-state index contributed by atoms with van der Waals surface area (Å²) in [5.41, 5.74) is 0.126. The Labute approximate surface area is 104 Å². The first kappa shape index (κ1) is 12.5. The SMILES string of the molecule is O=C(NC1CCNCC1)c1cc(O)c(O)c(O)c1. The number of phenols is 3. The van der Waals surface area contributed by atoms with Gasteiger partial charge in [-0.25, -0.2) is 0 Å². The fourth-order valence-corrected chi connectivity index (χ4v) is 1.97. The number of carbonyl (C=O) groups is 1. The molecule has 0 saturated carbocycles. The summed E-state index contributed by atoms with van der Waals surface area (Å²) in [5.74, 6) is -2.00. The third-order valence-corrected chi connectivity index (χ3v) is 3.01. The van der Waals surface area contributed by atoms with E-state index in [1.807, 2.05) is 0 Å². The van der Waals surface area contributed by atoms with Crippen molar-refractivity contribution in [2.45, 2.75) is 18.9 Å². The predicted octanol–water partition coefficient (Wildman–Crippen LogP) is 0.285. The molecule has 1 fully saturated rings. The fraction of sp³-hybridized carbons (Fsp3) is 0.417. The Bertz CT molecular complexity index is 432. The highest BCUT2D eigenvalue weighted by Crippen LogP contribution is 2.35. The Kier molecular flexibility index (Phi) is 3.57. The van der Waals surface area contributed by atoms with Gasteiger partial charge >= 0.3 is 0 Å². The summed E-state index contributed by atoms with van der Waals surface area (Å²) in [6, 6.07) is 2.36. The van der Waals surface area contributed by atoms with E-state index in [1.165, 1.54) is 0 Å². The number of hydrogen-bond acceptors (Lipinski definition) is 5. The van der Waals surface area contributed by atoms with Crippen LogP contribution in [0.1, 0.15) is 23.2 Å². The quantitative estimate of drug-likeness (QED) is 0.487. The van der Waals surface area contributed by atoms with E-state index in [-0.39, 0.29) is 17.5 Å². The van der Waals surface area contributed by atoms with Crippen LogP contribution in [0.25, 0.3) is 0 Å². The van der Waals surface area contributed by atoms with E-state index in [9.17, 15) is 20.1 Å². The normalized spacial score (nSPS) is 16.4. The van der Waals surface area contributed by atoms with Gasteiger partial charge in [0.15, 0.2) is 17.2 Å². The maximum atomic E-state index is 11.9. The van der Waals surface area contributed by atoms with Crippen LogP contribution in [0.3, 0.4) is 0 Å². The molecule has 1 aromatic rings. The van der Waals surface area contributed by atoms with Crippen LogP contribution in [0.4, 0.5) is 0 Å². The van der Waals surface area contributed by atoms with E-state index >= 15 is 0 Å². The van der Waals surface area contributed by atoms with Gasteiger partial charge in [0, 0.05) is 11.6 Å². The van der Waals surface area contributed by atoms with Crippen molar-refractivity contribution in [3.05, 3.63) is 17.7 Å². The molecule has 98 valence electrons. The molecule has 1 amide bonds. The molecule has 2 rings (SSSR count). The molecule has 0 radical (unpaired) electrons. The molecule has 18 heavy (non-hydrogen) atoms. The molecule has 0 spiro atoms. The number of aromatic hydroxyl groups is 3. The standard InChI is InChI=1S/C12H16N2O4/c15-9-5-7(6-10(16)11(9)17)12(18)14-8-1-3-13-4-2-8/h5-6,8,13,15-17H,1-4H2,(H,14,18). The Hall–Kier alpha value is -1.95. The summed E-state index contributed by atoms with van der Waals surface area (Å²) in [7, 11) is 0. The Morgan fingerprint density at radius 3 is 2.28 bits per heavy atom. The number of phenolic OH excluding ortho intramolecular Hbond substituents is 3. The molecule has 1 aliphatic heterocycles. The van der Waals surface area contributed by atoms with Gasteiger partial charge in [-0.3, -0.25) is 4.79 Å². The van der Waals surface area contributed by atoms with Crippen molar-refractivity contribution in [1.29, 1.82) is 0 Å². The number of piperidine rings is 1. The van der Waals surface area contributed by atoms with Gasteiger partial charge in [0.2, 0.25) is 0 Å². The van der Waals surface area contributed by atoms with Gasteiger partial charge in [-0.2, -0.15) is 0 Å². The maximum Gasteiger partial charge on any atom is 0.251 e. The number of carbonyl (C=O) groups excluding carboxylic acids is 1. The number of benzene rings is 1. The van der Waals surface area contributed by atoms with Crippen LogP contribution < -0.4 is 10.6 Å². The van der Waals surface area contributed by atoms with Crippen molar-refractivity contribution in [2.24, 2.45) is 0 Å². The molecule has 5 N–H and O–H groups in total. The van der Waals surface area contributed by atoms with Crippen molar-refractivity contribution < 1.29 is 20.1 Å². The van der Waals surface area contributed by atoms with E-state index in [2.05, 4.69) is 10.6 Å². The maximum absolute atomic E-state index is 11.9. The van der Waals surface area contributed by atoms with Crippen LogP contribution in [-0.4, -0.2) is 40.4 Å². The van der Waals surface area contributed by atoms with Gasteiger partial charge in [0.1, 0.15) is 0 Å². The zero-order valence-electron chi connectivity index (χ0n) is 9.81. The summed E-state index contributed by atoms with van der Waals surface area (Å²) in [4.78, 5) is 11.9. The zero-order valence-corrected chi connectivity index (χ0v) is 9.81. The van der Waals surface area contributed by atoms with Gasteiger partial charge in [0.25, 0.3) is 5.91 Å². The second-order valence-electron chi connectivity index (χ2n) is 4.36. The Morgan fingerprint density at radius 1 is 1.17 bits per heavy atom. The first-order valence-corrected chi connectivity index (χ1v) is 5.84. The smallest absolute Gasteiger partial charge is 0.251 e. The molecular formula is C12H16N2O4. The van der Waals surface area contributed by atoms with Crippen LogP contribution in [0.5, 0.6) is 17.2 Å². The van der Waals surface area contributed by atoms with Crippen molar-refractivity contribution in [1.82, 2.24) is 10.6 Å². The lowest BCUT2D eigenvalue weighted by Crippen LogP contribution is -2.42. The second kappa shape index (κ2) is 5.14. The summed E-state index contributed by atoms with van der Waals surface area (Å²) < 4.78 is 0. The van der Waals surface area contributed by atoms with Crippen LogP contribution in [0.2, 0.25) is 0 Å². The molecule has 0 aromatic heterocycles. The van der Waals surface area contributed by atoms with Gasteiger partial charge < -0.3 is 26.0 Å². The van der Waals surface area contributed by atoms with E-state index < -0.39 is 17.2 Å². The average molecular weight is 252 g/mol. The summed E-state index contributed by atoms with van der Waals surface area (Å²) in [6.07, 6.45) is 1.70. The lowest BCUT2D eigenvalue weighted by molar-refractivity contribution is 0.0928. The predicted molar refractivity (Wildman–Crippen MR) is 64.8 cm³/mol. The lowest BCUT2D eigenvalue weighted by atomic mass is 10.1. The van der Waals surface area contributed by atoms with Gasteiger partial charge in [-0.15, -0.1) is 0 Å². The number of hydrogen-bond donors (Lipinski definition) is 5. The van der Waals surface area contributed by atoms with Crippen molar-refractivity contribution >= 4 is 5.91 Å². The number of nitrogens with one attached hydrogen (secondary N) is 2. The molecule has 0 atom stereocenters. The molecule has 0 bridgehead atoms. The first-order valence-electron chi connectivity index (χ1n) is 5.84. The average Bonchev–Trinajstić information content (AvgIpc) is 2.36. The summed E-state index contributed by atoms with van der Waals surface area (Å²) >= 11 is 0. The number of rotatable bonds is 2. The zero-order chi connectivity index (χ0) is 13.1. The van der Waals surface area contributed by atoms with E-state index in [0.29, 0.717) is 0 Å².